The number of nitrogens with one attached hydrogen (secondary N) is 2. The average molecular weight is 637 g/mol. The van der Waals surface area contributed by atoms with Crippen LogP contribution in [0.2, 0.25) is 0 Å². The molecular formula is C30H28F4N10O2. The zero-order valence-corrected chi connectivity index (χ0v) is 24.6. The lowest BCUT2D eigenvalue weighted by Gasteiger charge is -2.35. The number of rotatable bonds is 6. The maximum atomic E-state index is 15.5. The van der Waals surface area contributed by atoms with Crippen molar-refractivity contribution in [1.82, 2.24) is 39.3 Å². The number of aromatic nitrogens is 5. The number of halogens is 4. The van der Waals surface area contributed by atoms with Gasteiger partial charge in [-0.15, -0.1) is 0 Å². The summed E-state index contributed by atoms with van der Waals surface area (Å²) in [7, 11) is 0. The summed E-state index contributed by atoms with van der Waals surface area (Å²) in [6, 6.07) is 4.51. The van der Waals surface area contributed by atoms with Crippen LogP contribution in [0.4, 0.5) is 29.1 Å². The number of fused-ring (bicyclic) bond motifs is 2. The van der Waals surface area contributed by atoms with Crippen molar-refractivity contribution in [2.45, 2.75) is 19.6 Å². The molecule has 46 heavy (non-hydrogen) atoms. The van der Waals surface area contributed by atoms with E-state index in [0.717, 1.165) is 30.0 Å². The van der Waals surface area contributed by atoms with Crippen LogP contribution in [0.3, 0.4) is 0 Å². The number of amides is 2. The van der Waals surface area contributed by atoms with Crippen LogP contribution in [0.15, 0.2) is 36.9 Å². The molecule has 16 heteroatoms. The fourth-order valence-electron chi connectivity index (χ4n) is 6.69. The molecule has 0 bridgehead atoms. The van der Waals surface area contributed by atoms with Gasteiger partial charge in [0.1, 0.15) is 12.4 Å². The number of carbonyl (C=O) groups is 2. The molecule has 238 valence electrons. The number of benzene rings is 1. The molecule has 5 heterocycles. The minimum Gasteiger partial charge on any atom is -0.339 e. The smallest absolute Gasteiger partial charge is 0.339 e. The largest absolute Gasteiger partial charge is 0.435 e. The average Bonchev–Trinajstić information content (AvgIpc) is 3.43. The maximum Gasteiger partial charge on any atom is 0.435 e. The molecule has 0 spiro atoms. The predicted molar refractivity (Wildman–Crippen MR) is 155 cm³/mol. The zero-order chi connectivity index (χ0) is 32.3. The van der Waals surface area contributed by atoms with E-state index in [-0.39, 0.29) is 52.3 Å². The molecule has 3 atom stereocenters. The van der Waals surface area contributed by atoms with Gasteiger partial charge in [-0.05, 0) is 49.5 Å². The number of aryl methyl sites for hydroxylation is 1. The predicted octanol–water partition coefficient (Wildman–Crippen LogP) is 3.08. The summed E-state index contributed by atoms with van der Waals surface area (Å²) >= 11 is 0. The first-order valence-electron chi connectivity index (χ1n) is 14.7. The van der Waals surface area contributed by atoms with Crippen LogP contribution in [0.5, 0.6) is 0 Å². The molecule has 2 N–H and O–H groups in total. The van der Waals surface area contributed by atoms with Gasteiger partial charge in [0.15, 0.2) is 17.2 Å². The fourth-order valence-corrected chi connectivity index (χ4v) is 6.69. The minimum atomic E-state index is -4.78. The van der Waals surface area contributed by atoms with E-state index in [9.17, 15) is 22.8 Å². The highest BCUT2D eigenvalue weighted by Crippen LogP contribution is 2.49. The Hall–Kier alpha value is -5.04. The molecule has 1 aliphatic carbocycles. The first kappa shape index (κ1) is 29.7. The van der Waals surface area contributed by atoms with E-state index >= 15 is 4.39 Å². The first-order valence-corrected chi connectivity index (χ1v) is 14.7. The second-order valence-electron chi connectivity index (χ2n) is 11.8. The number of alkyl halides is 3. The Morgan fingerprint density at radius 3 is 2.50 bits per heavy atom. The third-order valence-electron chi connectivity index (χ3n) is 8.99. The molecule has 7 rings (SSSR count). The van der Waals surface area contributed by atoms with Gasteiger partial charge in [-0.25, -0.2) is 14.4 Å². The van der Waals surface area contributed by atoms with Crippen molar-refractivity contribution in [2.24, 2.45) is 17.8 Å². The summed E-state index contributed by atoms with van der Waals surface area (Å²) in [5.41, 5.74) is -0.639. The molecule has 2 saturated heterocycles. The van der Waals surface area contributed by atoms with Crippen LogP contribution in [0.1, 0.15) is 21.6 Å². The normalized spacial score (nSPS) is 20.9. The van der Waals surface area contributed by atoms with Crippen LogP contribution in [-0.4, -0.2) is 85.0 Å². The van der Waals surface area contributed by atoms with Crippen molar-refractivity contribution in [3.8, 4) is 17.3 Å². The van der Waals surface area contributed by atoms with Crippen LogP contribution >= 0.6 is 0 Å². The van der Waals surface area contributed by atoms with E-state index in [1.54, 1.807) is 28.9 Å². The second-order valence-corrected chi connectivity index (χ2v) is 11.8. The molecule has 2 amide bonds. The highest BCUT2D eigenvalue weighted by atomic mass is 19.4. The van der Waals surface area contributed by atoms with Gasteiger partial charge in [0.25, 0.3) is 5.91 Å². The van der Waals surface area contributed by atoms with Crippen molar-refractivity contribution in [2.75, 3.05) is 44.6 Å². The molecule has 3 aliphatic rings. The lowest BCUT2D eigenvalue weighted by Crippen LogP contribution is -2.51. The molecular weight excluding hydrogens is 608 g/mol. The molecule has 1 unspecified atom stereocenters. The zero-order valence-electron chi connectivity index (χ0n) is 24.6. The summed E-state index contributed by atoms with van der Waals surface area (Å²) < 4.78 is 59.1. The van der Waals surface area contributed by atoms with Crippen LogP contribution in [-0.2, 0) is 17.5 Å². The van der Waals surface area contributed by atoms with Gasteiger partial charge in [-0.2, -0.15) is 23.5 Å². The van der Waals surface area contributed by atoms with Crippen LogP contribution in [0, 0.1) is 41.8 Å². The summed E-state index contributed by atoms with van der Waals surface area (Å²) in [6.07, 6.45) is 0.371. The Bertz CT molecular complexity index is 1870. The van der Waals surface area contributed by atoms with Gasteiger partial charge in [0.2, 0.25) is 5.91 Å². The number of carbonyl (C=O) groups excluding carboxylic acids is 2. The van der Waals surface area contributed by atoms with Gasteiger partial charge >= 0.3 is 6.18 Å². The first-order chi connectivity index (χ1) is 22.0. The highest BCUT2D eigenvalue weighted by molar-refractivity contribution is 5.97. The van der Waals surface area contributed by atoms with Crippen molar-refractivity contribution in [1.29, 1.82) is 5.26 Å². The lowest BCUT2D eigenvalue weighted by atomic mass is 10.0. The quantitative estimate of drug-likeness (QED) is 0.309. The van der Waals surface area contributed by atoms with Gasteiger partial charge in [-0.3, -0.25) is 18.7 Å². The van der Waals surface area contributed by atoms with Gasteiger partial charge in [0, 0.05) is 56.4 Å². The minimum absolute atomic E-state index is 0.0686. The molecule has 3 fully saturated rings. The SMILES string of the molecule is Cc1cc(Nc2nccn3c(-c4cn(CC#N)nc4C(F)(F)F)cnc23)cc(F)c1C(=O)N1CCN(C(=O)C2[C@H]3CNC[C@@H]23)CC1. The molecule has 1 aromatic carbocycles. The van der Waals surface area contributed by atoms with Crippen molar-refractivity contribution in [3.05, 3.63) is 59.6 Å². The standard InChI is InChI=1S/C30H28F4N10O2/c1-16-10-17(11-21(31)23(16)28(45)41-6-8-42(9-7-41)29(46)24-18-12-36-13-19(18)24)39-26-27-38-14-22(44(27)5-3-37-26)20-15-43(4-2-35)40-25(20)30(32,33)34/h3,5,10-11,14-15,18-19,24,36H,4,6-9,12-13H2,1H3,(H,37,39)/t18-,19+,24?. The lowest BCUT2D eigenvalue weighted by molar-refractivity contribution is -0.141. The van der Waals surface area contributed by atoms with Crippen molar-refractivity contribution >= 4 is 29.0 Å². The number of imidazole rings is 1. The van der Waals surface area contributed by atoms with Crippen molar-refractivity contribution in [3.63, 3.8) is 0 Å². The third kappa shape index (κ3) is 5.10. The summed E-state index contributed by atoms with van der Waals surface area (Å²) in [5.74, 6) is -0.0300. The summed E-state index contributed by atoms with van der Waals surface area (Å²) in [4.78, 5) is 38.1. The molecule has 1 saturated carbocycles. The fraction of sp³-hybridized carbons (Fsp3) is 0.400. The van der Waals surface area contributed by atoms with Gasteiger partial charge in [0.05, 0.1) is 29.1 Å². The Labute approximate surface area is 259 Å². The molecule has 12 nitrogen and oxygen atoms in total. The monoisotopic (exact) mass is 636 g/mol. The van der Waals surface area contributed by atoms with E-state index in [0.29, 0.717) is 43.6 Å². The van der Waals surface area contributed by atoms with E-state index in [1.807, 2.05) is 0 Å². The molecule has 3 aromatic heterocycles. The number of nitriles is 1. The van der Waals surface area contributed by atoms with E-state index < -0.39 is 23.6 Å². The Balaban J connectivity index is 1.08. The van der Waals surface area contributed by atoms with Gasteiger partial charge in [-0.1, -0.05) is 0 Å². The number of hydrogen-bond acceptors (Lipinski definition) is 8. The number of piperidine rings is 1. The third-order valence-corrected chi connectivity index (χ3v) is 8.99. The van der Waals surface area contributed by atoms with E-state index in [1.165, 1.54) is 23.0 Å². The maximum absolute atomic E-state index is 15.5. The Morgan fingerprint density at radius 2 is 1.83 bits per heavy atom. The number of piperazine rings is 1. The van der Waals surface area contributed by atoms with E-state index in [4.69, 9.17) is 5.26 Å². The highest BCUT2D eigenvalue weighted by Gasteiger charge is 2.58. The number of nitrogens with zero attached hydrogens (tertiary/aromatic N) is 8. The number of hydrogen-bond donors (Lipinski definition) is 2. The molecule has 0 radical (unpaired) electrons. The van der Waals surface area contributed by atoms with Gasteiger partial charge < -0.3 is 20.4 Å². The van der Waals surface area contributed by atoms with E-state index in [2.05, 4.69) is 25.7 Å². The topological polar surface area (TPSA) is 136 Å². The molecule has 2 aliphatic heterocycles. The van der Waals surface area contributed by atoms with Crippen molar-refractivity contribution < 1.29 is 27.2 Å². The molecule has 4 aromatic rings. The Kier molecular flexibility index (Phi) is 7.15. The van der Waals surface area contributed by atoms with Crippen LogP contribution in [0.25, 0.3) is 16.9 Å². The summed E-state index contributed by atoms with van der Waals surface area (Å²) in [6.45, 7) is 4.41. The Morgan fingerprint density at radius 1 is 1.11 bits per heavy atom. The second kappa shape index (κ2) is 11.1. The van der Waals surface area contributed by atoms with Crippen LogP contribution < -0.4 is 10.6 Å². The number of anilines is 2. The summed E-state index contributed by atoms with van der Waals surface area (Å²) in [5, 5.41) is 18.7.